The summed E-state index contributed by atoms with van der Waals surface area (Å²) in [7, 11) is -3.70. The number of anilines is 2. The number of halogens is 1. The fraction of sp³-hybridized carbons (Fsp3) is 0.214. The first-order valence-electron chi connectivity index (χ1n) is 6.50. The fourth-order valence-corrected chi connectivity index (χ4v) is 2.91. The molecule has 1 heterocycles. The predicted octanol–water partition coefficient (Wildman–Crippen LogP) is 3.36. The second kappa shape index (κ2) is 6.78. The minimum absolute atomic E-state index is 0.0875. The van der Waals surface area contributed by atoms with Crippen LogP contribution in [0, 0.1) is 0 Å². The summed E-state index contributed by atoms with van der Waals surface area (Å²) in [6.45, 7) is 2.83. The number of benzene rings is 1. The summed E-state index contributed by atoms with van der Waals surface area (Å²) >= 11 is 5.95. The molecule has 2 rings (SSSR count). The van der Waals surface area contributed by atoms with Crippen molar-refractivity contribution in [1.82, 2.24) is 4.98 Å². The highest BCUT2D eigenvalue weighted by Gasteiger charge is 2.15. The largest absolute Gasteiger partial charge is 0.370 e. The van der Waals surface area contributed by atoms with Crippen LogP contribution in [0.25, 0.3) is 0 Å². The number of sulfonamides is 1. The second-order valence-corrected chi connectivity index (χ2v) is 6.48. The van der Waals surface area contributed by atoms with E-state index in [4.69, 9.17) is 11.6 Å². The summed E-state index contributed by atoms with van der Waals surface area (Å²) in [6, 6.07) is 9.80. The van der Waals surface area contributed by atoms with Crippen LogP contribution in [0.2, 0.25) is 5.02 Å². The Balaban J connectivity index is 2.18. The molecular formula is C14H16ClN3O2S. The Kier molecular flexibility index (Phi) is 5.03. The van der Waals surface area contributed by atoms with Crippen molar-refractivity contribution < 1.29 is 8.42 Å². The molecule has 0 atom stereocenters. The highest BCUT2D eigenvalue weighted by Crippen LogP contribution is 2.23. The zero-order valence-electron chi connectivity index (χ0n) is 11.5. The maximum atomic E-state index is 12.2. The first-order chi connectivity index (χ1) is 10.0. The molecule has 7 heteroatoms. The van der Waals surface area contributed by atoms with Crippen LogP contribution in [0.3, 0.4) is 0 Å². The molecule has 0 saturated carbocycles. The molecular weight excluding hydrogens is 310 g/mol. The van der Waals surface area contributed by atoms with Gasteiger partial charge < -0.3 is 5.32 Å². The molecule has 0 spiro atoms. The molecule has 112 valence electrons. The quantitative estimate of drug-likeness (QED) is 0.854. The van der Waals surface area contributed by atoms with E-state index in [0.29, 0.717) is 16.5 Å². The van der Waals surface area contributed by atoms with Crippen LogP contribution in [-0.2, 0) is 10.0 Å². The summed E-state index contributed by atoms with van der Waals surface area (Å²) in [5.74, 6) is 0.647. The van der Waals surface area contributed by atoms with Crippen molar-refractivity contribution in [3.05, 3.63) is 47.6 Å². The lowest BCUT2D eigenvalue weighted by molar-refractivity contribution is 0.601. The standard InChI is InChI=1S/C14H16ClN3O2S/c1-2-9-16-14-8-7-11(10-17-14)21(19,20)18-13-6-4-3-5-12(13)15/h3-8,10,18H,2,9H2,1H3,(H,16,17). The van der Waals surface area contributed by atoms with Gasteiger partial charge in [-0.3, -0.25) is 4.72 Å². The molecule has 0 amide bonds. The van der Waals surface area contributed by atoms with Crippen LogP contribution in [0.5, 0.6) is 0 Å². The van der Waals surface area contributed by atoms with Crippen molar-refractivity contribution in [2.45, 2.75) is 18.2 Å². The third kappa shape index (κ3) is 4.09. The Morgan fingerprint density at radius 3 is 2.57 bits per heavy atom. The van der Waals surface area contributed by atoms with Gasteiger partial charge in [-0.1, -0.05) is 30.7 Å². The van der Waals surface area contributed by atoms with Crippen molar-refractivity contribution in [2.75, 3.05) is 16.6 Å². The van der Waals surface area contributed by atoms with Crippen LogP contribution in [-0.4, -0.2) is 19.9 Å². The van der Waals surface area contributed by atoms with Crippen molar-refractivity contribution in [3.63, 3.8) is 0 Å². The van der Waals surface area contributed by atoms with Gasteiger partial charge in [0.1, 0.15) is 10.7 Å². The normalized spacial score (nSPS) is 11.1. The van der Waals surface area contributed by atoms with E-state index in [1.807, 2.05) is 6.92 Å². The van der Waals surface area contributed by atoms with E-state index in [1.54, 1.807) is 30.3 Å². The topological polar surface area (TPSA) is 71.1 Å². The summed E-state index contributed by atoms with van der Waals surface area (Å²) < 4.78 is 26.9. The Bertz CT molecular complexity index is 702. The fourth-order valence-electron chi connectivity index (χ4n) is 1.64. The minimum atomic E-state index is -3.70. The lowest BCUT2D eigenvalue weighted by Gasteiger charge is -2.10. The van der Waals surface area contributed by atoms with E-state index in [1.165, 1.54) is 12.3 Å². The van der Waals surface area contributed by atoms with Crippen molar-refractivity contribution in [1.29, 1.82) is 0 Å². The molecule has 0 aliphatic heterocycles. The zero-order chi connectivity index (χ0) is 15.3. The van der Waals surface area contributed by atoms with Gasteiger partial charge in [0.2, 0.25) is 0 Å². The molecule has 0 aliphatic rings. The smallest absolute Gasteiger partial charge is 0.263 e. The molecule has 5 nitrogen and oxygen atoms in total. The number of hydrogen-bond acceptors (Lipinski definition) is 4. The number of nitrogens with one attached hydrogen (secondary N) is 2. The number of pyridine rings is 1. The molecule has 0 radical (unpaired) electrons. The van der Waals surface area contributed by atoms with E-state index in [0.717, 1.165) is 13.0 Å². The maximum Gasteiger partial charge on any atom is 0.263 e. The van der Waals surface area contributed by atoms with Gasteiger partial charge >= 0.3 is 0 Å². The Hall–Kier alpha value is -1.79. The Morgan fingerprint density at radius 2 is 1.95 bits per heavy atom. The highest BCUT2D eigenvalue weighted by atomic mass is 35.5. The molecule has 1 aromatic heterocycles. The van der Waals surface area contributed by atoms with E-state index in [-0.39, 0.29) is 4.90 Å². The van der Waals surface area contributed by atoms with Crippen molar-refractivity contribution in [3.8, 4) is 0 Å². The van der Waals surface area contributed by atoms with Crippen molar-refractivity contribution >= 4 is 33.1 Å². The van der Waals surface area contributed by atoms with Gasteiger partial charge in [0.25, 0.3) is 10.0 Å². The van der Waals surface area contributed by atoms with Crippen molar-refractivity contribution in [2.24, 2.45) is 0 Å². The van der Waals surface area contributed by atoms with Crippen LogP contribution in [0.15, 0.2) is 47.5 Å². The van der Waals surface area contributed by atoms with Crippen LogP contribution >= 0.6 is 11.6 Å². The summed E-state index contributed by atoms with van der Waals surface area (Å²) in [5, 5.41) is 3.43. The van der Waals surface area contributed by atoms with Gasteiger partial charge in [-0.15, -0.1) is 0 Å². The molecule has 0 bridgehead atoms. The first kappa shape index (κ1) is 15.6. The molecule has 2 aromatic rings. The lowest BCUT2D eigenvalue weighted by atomic mass is 10.3. The molecule has 21 heavy (non-hydrogen) atoms. The average molecular weight is 326 g/mol. The minimum Gasteiger partial charge on any atom is -0.370 e. The van der Waals surface area contributed by atoms with Crippen LogP contribution in [0.4, 0.5) is 11.5 Å². The lowest BCUT2D eigenvalue weighted by Crippen LogP contribution is -2.13. The molecule has 1 aromatic carbocycles. The number of para-hydroxylation sites is 1. The van der Waals surface area contributed by atoms with Crippen LogP contribution in [0.1, 0.15) is 13.3 Å². The number of rotatable bonds is 6. The Labute approximate surface area is 129 Å². The number of nitrogens with zero attached hydrogens (tertiary/aromatic N) is 1. The number of aromatic nitrogens is 1. The van der Waals surface area contributed by atoms with E-state index >= 15 is 0 Å². The number of hydrogen-bond donors (Lipinski definition) is 2. The Morgan fingerprint density at radius 1 is 1.19 bits per heavy atom. The summed E-state index contributed by atoms with van der Waals surface area (Å²) in [4.78, 5) is 4.17. The van der Waals surface area contributed by atoms with E-state index < -0.39 is 10.0 Å². The summed E-state index contributed by atoms with van der Waals surface area (Å²) in [6.07, 6.45) is 2.28. The zero-order valence-corrected chi connectivity index (χ0v) is 13.1. The SMILES string of the molecule is CCCNc1ccc(S(=O)(=O)Nc2ccccc2Cl)cn1. The summed E-state index contributed by atoms with van der Waals surface area (Å²) in [5.41, 5.74) is 0.340. The molecule has 0 aliphatic carbocycles. The predicted molar refractivity (Wildman–Crippen MR) is 85.3 cm³/mol. The highest BCUT2D eigenvalue weighted by molar-refractivity contribution is 7.92. The second-order valence-electron chi connectivity index (χ2n) is 4.39. The van der Waals surface area contributed by atoms with Gasteiger partial charge in [-0.2, -0.15) is 0 Å². The third-order valence-corrected chi connectivity index (χ3v) is 4.40. The molecule has 2 N–H and O–H groups in total. The monoisotopic (exact) mass is 325 g/mol. The van der Waals surface area contributed by atoms with Gasteiger partial charge in [0.05, 0.1) is 10.7 Å². The molecule has 0 unspecified atom stereocenters. The van der Waals surface area contributed by atoms with Crippen LogP contribution < -0.4 is 10.0 Å². The maximum absolute atomic E-state index is 12.2. The van der Waals surface area contributed by atoms with Gasteiger partial charge in [-0.25, -0.2) is 13.4 Å². The molecule has 0 saturated heterocycles. The van der Waals surface area contributed by atoms with Gasteiger partial charge in [-0.05, 0) is 30.7 Å². The third-order valence-electron chi connectivity index (χ3n) is 2.72. The molecule has 0 fully saturated rings. The van der Waals surface area contributed by atoms with E-state index in [9.17, 15) is 8.42 Å². The average Bonchev–Trinajstić information content (AvgIpc) is 2.48. The van der Waals surface area contributed by atoms with E-state index in [2.05, 4.69) is 15.0 Å². The first-order valence-corrected chi connectivity index (χ1v) is 8.36. The van der Waals surface area contributed by atoms with Gasteiger partial charge in [0.15, 0.2) is 0 Å². The van der Waals surface area contributed by atoms with Gasteiger partial charge in [0, 0.05) is 12.7 Å².